The maximum atomic E-state index is 12.6. The molecule has 53 heavy (non-hydrogen) atoms. The molecule has 1 atom stereocenters. The van der Waals surface area contributed by atoms with Crippen LogP contribution in [-0.2, 0) is 19.1 Å². The van der Waals surface area contributed by atoms with Crippen LogP contribution in [0.15, 0.2) is 36.0 Å². The van der Waals surface area contributed by atoms with Gasteiger partial charge in [-0.1, -0.05) is 153 Å². The van der Waals surface area contributed by atoms with Crippen LogP contribution in [0.4, 0.5) is 0 Å². The molecule has 5 heteroatoms. The number of allylic oxidation sites excluding steroid dienone is 5. The molecule has 0 aliphatic heterocycles. The quantitative estimate of drug-likeness (QED) is 0.0271. The van der Waals surface area contributed by atoms with Crippen LogP contribution in [0, 0.1) is 0 Å². The van der Waals surface area contributed by atoms with E-state index in [0.29, 0.717) is 13.0 Å². The van der Waals surface area contributed by atoms with Crippen LogP contribution in [0.1, 0.15) is 226 Å². The van der Waals surface area contributed by atoms with Crippen molar-refractivity contribution in [3.63, 3.8) is 0 Å². The Morgan fingerprint density at radius 3 is 1.62 bits per heavy atom. The van der Waals surface area contributed by atoms with Gasteiger partial charge in [0, 0.05) is 12.5 Å². The zero-order valence-electron chi connectivity index (χ0n) is 36.1. The molecule has 0 aliphatic rings. The Labute approximate surface area is 330 Å². The fourth-order valence-electron chi connectivity index (χ4n) is 6.77. The second-order valence-electron chi connectivity index (χ2n) is 15.9. The van der Waals surface area contributed by atoms with Crippen molar-refractivity contribution in [3.8, 4) is 0 Å². The van der Waals surface area contributed by atoms with E-state index in [1.165, 1.54) is 128 Å². The van der Waals surface area contributed by atoms with Crippen molar-refractivity contribution in [2.45, 2.75) is 232 Å². The van der Waals surface area contributed by atoms with Gasteiger partial charge in [0.2, 0.25) is 0 Å². The van der Waals surface area contributed by atoms with Gasteiger partial charge in [0.25, 0.3) is 0 Å². The van der Waals surface area contributed by atoms with E-state index in [-0.39, 0.29) is 18.0 Å². The number of hydrogen-bond acceptors (Lipinski definition) is 5. The van der Waals surface area contributed by atoms with Crippen molar-refractivity contribution in [1.82, 2.24) is 4.90 Å². The van der Waals surface area contributed by atoms with Gasteiger partial charge in [-0.25, -0.2) is 4.79 Å². The van der Waals surface area contributed by atoms with Gasteiger partial charge >= 0.3 is 11.9 Å². The molecule has 0 amide bonds. The first kappa shape index (κ1) is 51.1. The monoisotopic (exact) mass is 744 g/mol. The number of ether oxygens (including phenoxy) is 2. The van der Waals surface area contributed by atoms with Gasteiger partial charge in [-0.2, -0.15) is 0 Å². The minimum absolute atomic E-state index is 0.0207. The molecule has 0 aliphatic carbocycles. The lowest BCUT2D eigenvalue weighted by atomic mass is 10.0. The predicted octanol–water partition coefficient (Wildman–Crippen LogP) is 14.6. The molecule has 0 N–H and O–H groups in total. The summed E-state index contributed by atoms with van der Waals surface area (Å²) in [5.74, 6) is -0.166. The summed E-state index contributed by atoms with van der Waals surface area (Å²) in [6.07, 6.45) is 48.2. The van der Waals surface area contributed by atoms with Crippen molar-refractivity contribution >= 4 is 11.9 Å². The van der Waals surface area contributed by atoms with Crippen LogP contribution in [0.5, 0.6) is 0 Å². The van der Waals surface area contributed by atoms with E-state index in [0.717, 1.165) is 83.6 Å². The molecule has 0 bridgehead atoms. The van der Waals surface area contributed by atoms with Crippen molar-refractivity contribution in [2.75, 3.05) is 27.2 Å². The fraction of sp³-hybridized carbons (Fsp3) is 0.833. The molecule has 0 heterocycles. The number of nitrogens with zero attached hydrogens (tertiary/aromatic N) is 1. The van der Waals surface area contributed by atoms with Gasteiger partial charge in [-0.15, -0.1) is 0 Å². The number of carbonyl (C=O) groups excluding carboxylic acids is 2. The van der Waals surface area contributed by atoms with E-state index in [9.17, 15) is 9.59 Å². The Balaban J connectivity index is 4.20. The number of carbonyl (C=O) groups is 2. The third-order valence-corrected chi connectivity index (χ3v) is 10.2. The van der Waals surface area contributed by atoms with Crippen LogP contribution >= 0.6 is 0 Å². The van der Waals surface area contributed by atoms with Crippen LogP contribution in [0.3, 0.4) is 0 Å². The second-order valence-corrected chi connectivity index (χ2v) is 15.9. The van der Waals surface area contributed by atoms with Crippen LogP contribution in [0.2, 0.25) is 0 Å². The van der Waals surface area contributed by atoms with E-state index in [4.69, 9.17) is 9.47 Å². The minimum atomic E-state index is -0.145. The van der Waals surface area contributed by atoms with Gasteiger partial charge in [0.1, 0.15) is 6.10 Å². The van der Waals surface area contributed by atoms with E-state index >= 15 is 0 Å². The zero-order chi connectivity index (χ0) is 38.9. The normalized spacial score (nSPS) is 12.8. The third kappa shape index (κ3) is 39.6. The zero-order valence-corrected chi connectivity index (χ0v) is 36.1. The second kappa shape index (κ2) is 41.3. The summed E-state index contributed by atoms with van der Waals surface area (Å²) >= 11 is 0. The predicted molar refractivity (Wildman–Crippen MR) is 231 cm³/mol. The molecule has 1 unspecified atom stereocenters. The summed E-state index contributed by atoms with van der Waals surface area (Å²) in [5, 5.41) is 0. The molecule has 0 spiro atoms. The van der Waals surface area contributed by atoms with Crippen LogP contribution in [-0.4, -0.2) is 50.2 Å². The van der Waals surface area contributed by atoms with E-state index in [1.54, 1.807) is 6.08 Å². The van der Waals surface area contributed by atoms with Gasteiger partial charge in [0.15, 0.2) is 0 Å². The van der Waals surface area contributed by atoms with Gasteiger partial charge in [0.05, 0.1) is 6.61 Å². The van der Waals surface area contributed by atoms with Gasteiger partial charge in [-0.3, -0.25) is 4.79 Å². The van der Waals surface area contributed by atoms with Gasteiger partial charge < -0.3 is 14.4 Å². The first-order valence-electron chi connectivity index (χ1n) is 22.9. The highest BCUT2D eigenvalue weighted by Crippen LogP contribution is 2.19. The van der Waals surface area contributed by atoms with Crippen molar-refractivity contribution < 1.29 is 19.1 Å². The molecule has 0 rings (SSSR count). The van der Waals surface area contributed by atoms with E-state index in [1.807, 2.05) is 14.1 Å². The Kier molecular flexibility index (Phi) is 39.8. The number of esters is 2. The van der Waals surface area contributed by atoms with Crippen LogP contribution in [0.25, 0.3) is 0 Å². The summed E-state index contributed by atoms with van der Waals surface area (Å²) in [6, 6.07) is 0. The molecule has 0 saturated heterocycles. The summed E-state index contributed by atoms with van der Waals surface area (Å²) in [6.45, 7) is 8.16. The Bertz CT molecular complexity index is 892. The summed E-state index contributed by atoms with van der Waals surface area (Å²) in [5.41, 5.74) is 1.27. The van der Waals surface area contributed by atoms with Crippen molar-refractivity contribution in [2.24, 2.45) is 0 Å². The molecule has 0 radical (unpaired) electrons. The summed E-state index contributed by atoms with van der Waals surface area (Å²) in [7, 11) is 4.10. The smallest absolute Gasteiger partial charge is 0.330 e. The first-order chi connectivity index (χ1) is 25.9. The molecule has 0 saturated carbocycles. The summed E-state index contributed by atoms with van der Waals surface area (Å²) < 4.78 is 11.6. The van der Waals surface area contributed by atoms with Gasteiger partial charge in [-0.05, 0) is 117 Å². The van der Waals surface area contributed by atoms with E-state index < -0.39 is 0 Å². The fourth-order valence-corrected chi connectivity index (χ4v) is 6.77. The molecule has 0 fully saturated rings. The highest BCUT2D eigenvalue weighted by molar-refractivity contribution is 5.82. The number of hydrogen-bond donors (Lipinski definition) is 0. The minimum Gasteiger partial charge on any atom is -0.463 e. The summed E-state index contributed by atoms with van der Waals surface area (Å²) in [4.78, 5) is 27.1. The van der Waals surface area contributed by atoms with Crippen LogP contribution < -0.4 is 0 Å². The maximum absolute atomic E-state index is 12.6. The van der Waals surface area contributed by atoms with Crippen molar-refractivity contribution in [3.05, 3.63) is 36.0 Å². The lowest BCUT2D eigenvalue weighted by Gasteiger charge is -2.18. The lowest BCUT2D eigenvalue weighted by Crippen LogP contribution is -2.20. The number of unbranched alkanes of at least 4 members (excludes halogenated alkanes) is 20. The Morgan fingerprint density at radius 1 is 0.528 bits per heavy atom. The average Bonchev–Trinajstić information content (AvgIpc) is 3.13. The SMILES string of the molecule is CCCCC/C=C\C/C=C\CCCCCCCCC(CCCCCCCCCOC(=O)/C=C(\CCCC)CCCCCCC)OC(=O)CCCN(C)C. The van der Waals surface area contributed by atoms with Crippen molar-refractivity contribution in [1.29, 1.82) is 0 Å². The molecule has 5 nitrogen and oxygen atoms in total. The highest BCUT2D eigenvalue weighted by Gasteiger charge is 2.14. The maximum Gasteiger partial charge on any atom is 0.330 e. The average molecular weight is 744 g/mol. The standard InChI is InChI=1S/C48H89NO4/c1-6-9-12-14-15-16-17-18-19-20-21-22-23-25-29-33-39-46(53-47(50)41-36-42-49(4)5)40-34-30-26-24-27-31-35-43-52-48(51)44-45(37-11-8-3)38-32-28-13-10-7-2/h15-16,18-19,44,46H,6-14,17,20-43H2,1-5H3/b16-15-,19-18-,45-44+. The molecule has 0 aromatic carbocycles. The third-order valence-electron chi connectivity index (χ3n) is 10.2. The van der Waals surface area contributed by atoms with E-state index in [2.05, 4.69) is 50.0 Å². The first-order valence-corrected chi connectivity index (χ1v) is 22.9. The highest BCUT2D eigenvalue weighted by atomic mass is 16.5. The Morgan fingerprint density at radius 2 is 1.02 bits per heavy atom. The largest absolute Gasteiger partial charge is 0.463 e. The lowest BCUT2D eigenvalue weighted by molar-refractivity contribution is -0.150. The molecular formula is C48H89NO4. The molecular weight excluding hydrogens is 655 g/mol. The topological polar surface area (TPSA) is 55.8 Å². The molecule has 0 aromatic heterocycles. The molecule has 310 valence electrons. The Hall–Kier alpha value is -1.88. The molecule has 0 aromatic rings. The number of rotatable bonds is 40.